The van der Waals surface area contributed by atoms with Gasteiger partial charge in [-0.15, -0.1) is 0 Å². The molecule has 1 aliphatic heterocycles. The van der Waals surface area contributed by atoms with E-state index in [9.17, 15) is 5.11 Å². The van der Waals surface area contributed by atoms with Gasteiger partial charge in [0, 0.05) is 18.8 Å². The smallest absolute Gasteiger partial charge is 0.0614 e. The summed E-state index contributed by atoms with van der Waals surface area (Å²) in [6.45, 7) is 2.98. The average Bonchev–Trinajstić information content (AvgIpc) is 3.03. The molecule has 0 bridgehead atoms. The molecule has 0 aromatic heterocycles. The summed E-state index contributed by atoms with van der Waals surface area (Å²) in [5.41, 5.74) is -0.0426. The van der Waals surface area contributed by atoms with Crippen LogP contribution in [0.4, 0.5) is 0 Å². The zero-order valence-corrected chi connectivity index (χ0v) is 8.80. The molecular formula is C11H21NO2. The van der Waals surface area contributed by atoms with Crippen molar-refractivity contribution in [1.82, 2.24) is 5.32 Å². The van der Waals surface area contributed by atoms with Crippen LogP contribution in [0.25, 0.3) is 0 Å². The molecule has 2 rings (SSSR count). The van der Waals surface area contributed by atoms with E-state index in [2.05, 4.69) is 5.32 Å². The van der Waals surface area contributed by atoms with Crippen molar-refractivity contribution in [2.75, 3.05) is 26.4 Å². The maximum Gasteiger partial charge on any atom is 0.0614 e. The highest BCUT2D eigenvalue weighted by Gasteiger charge is 2.32. The predicted octanol–water partition coefficient (Wildman–Crippen LogP) is 0.918. The fraction of sp³-hybridized carbons (Fsp3) is 1.00. The van der Waals surface area contributed by atoms with Gasteiger partial charge >= 0.3 is 0 Å². The number of aliphatic hydroxyl groups is 1. The molecule has 14 heavy (non-hydrogen) atoms. The largest absolute Gasteiger partial charge is 0.394 e. The van der Waals surface area contributed by atoms with Crippen molar-refractivity contribution in [1.29, 1.82) is 0 Å². The van der Waals surface area contributed by atoms with E-state index in [1.807, 2.05) is 0 Å². The van der Waals surface area contributed by atoms with Gasteiger partial charge in [-0.25, -0.2) is 0 Å². The molecule has 0 aromatic rings. The first-order valence-electron chi connectivity index (χ1n) is 5.78. The Bertz CT molecular complexity index is 172. The molecule has 1 unspecified atom stereocenters. The summed E-state index contributed by atoms with van der Waals surface area (Å²) < 4.78 is 5.42. The van der Waals surface area contributed by atoms with Crippen molar-refractivity contribution in [3.05, 3.63) is 0 Å². The molecule has 3 heteroatoms. The van der Waals surface area contributed by atoms with Gasteiger partial charge in [0.15, 0.2) is 0 Å². The molecule has 0 radical (unpaired) electrons. The van der Waals surface area contributed by atoms with Crippen molar-refractivity contribution in [3.63, 3.8) is 0 Å². The lowest BCUT2D eigenvalue weighted by molar-refractivity contribution is 0.113. The van der Waals surface area contributed by atoms with Crippen LogP contribution >= 0.6 is 0 Å². The predicted molar refractivity (Wildman–Crippen MR) is 55.2 cm³/mol. The number of nitrogens with one attached hydrogen (secondary N) is 1. The normalized spacial score (nSPS) is 34.1. The third-order valence-corrected chi connectivity index (χ3v) is 3.43. The molecule has 1 atom stereocenters. The molecule has 82 valence electrons. The van der Waals surface area contributed by atoms with Crippen LogP contribution in [-0.4, -0.2) is 37.0 Å². The second-order valence-electron chi connectivity index (χ2n) is 4.73. The monoisotopic (exact) mass is 199 g/mol. The maximum absolute atomic E-state index is 9.48. The van der Waals surface area contributed by atoms with Crippen LogP contribution in [0.1, 0.15) is 32.1 Å². The zero-order chi connectivity index (χ0) is 9.86. The highest BCUT2D eigenvalue weighted by atomic mass is 16.5. The minimum absolute atomic E-state index is 0.0426. The summed E-state index contributed by atoms with van der Waals surface area (Å²) >= 11 is 0. The molecule has 2 N–H and O–H groups in total. The van der Waals surface area contributed by atoms with Crippen molar-refractivity contribution >= 4 is 0 Å². The molecule has 3 nitrogen and oxygen atoms in total. The molecule has 0 amide bonds. The van der Waals surface area contributed by atoms with Gasteiger partial charge in [-0.2, -0.15) is 0 Å². The molecule has 2 fully saturated rings. The van der Waals surface area contributed by atoms with Gasteiger partial charge in [0.25, 0.3) is 0 Å². The van der Waals surface area contributed by atoms with E-state index in [1.54, 1.807) is 0 Å². The fourth-order valence-electron chi connectivity index (χ4n) is 2.08. The van der Waals surface area contributed by atoms with Gasteiger partial charge in [0.1, 0.15) is 0 Å². The fourth-order valence-corrected chi connectivity index (χ4v) is 2.08. The lowest BCUT2D eigenvalue weighted by Gasteiger charge is -2.31. The lowest BCUT2D eigenvalue weighted by atomic mass is 9.91. The molecule has 1 aliphatic carbocycles. The summed E-state index contributed by atoms with van der Waals surface area (Å²) in [6, 6.07) is 0. The average molecular weight is 199 g/mol. The first-order valence-corrected chi connectivity index (χ1v) is 5.78. The molecule has 0 spiro atoms. The van der Waals surface area contributed by atoms with Crippen LogP contribution in [0.5, 0.6) is 0 Å². The van der Waals surface area contributed by atoms with E-state index in [1.165, 1.54) is 12.8 Å². The van der Waals surface area contributed by atoms with Gasteiger partial charge in [-0.1, -0.05) is 0 Å². The van der Waals surface area contributed by atoms with Crippen LogP contribution in [0, 0.1) is 5.92 Å². The van der Waals surface area contributed by atoms with E-state index >= 15 is 0 Å². The Balaban J connectivity index is 1.84. The van der Waals surface area contributed by atoms with E-state index in [0.717, 1.165) is 44.9 Å². The zero-order valence-electron chi connectivity index (χ0n) is 8.80. The highest BCUT2D eigenvalue weighted by Crippen LogP contribution is 2.29. The Morgan fingerprint density at radius 1 is 1.29 bits per heavy atom. The van der Waals surface area contributed by atoms with E-state index < -0.39 is 0 Å². The summed E-state index contributed by atoms with van der Waals surface area (Å²) in [4.78, 5) is 0. The van der Waals surface area contributed by atoms with Crippen LogP contribution in [0.2, 0.25) is 0 Å². The minimum atomic E-state index is -0.0426. The first kappa shape index (κ1) is 10.4. The van der Waals surface area contributed by atoms with Gasteiger partial charge in [0.2, 0.25) is 0 Å². The van der Waals surface area contributed by atoms with Crippen molar-refractivity contribution in [3.8, 4) is 0 Å². The van der Waals surface area contributed by atoms with E-state index in [4.69, 9.17) is 4.74 Å². The van der Waals surface area contributed by atoms with Gasteiger partial charge in [0.05, 0.1) is 6.61 Å². The second-order valence-corrected chi connectivity index (χ2v) is 4.73. The molecule has 0 aromatic carbocycles. The van der Waals surface area contributed by atoms with Crippen molar-refractivity contribution in [2.24, 2.45) is 5.92 Å². The van der Waals surface area contributed by atoms with Gasteiger partial charge < -0.3 is 15.2 Å². The topological polar surface area (TPSA) is 41.5 Å². The Labute approximate surface area is 85.8 Å². The summed E-state index contributed by atoms with van der Waals surface area (Å²) in [5.74, 6) is 0.877. The quantitative estimate of drug-likeness (QED) is 0.707. The third kappa shape index (κ3) is 2.69. The van der Waals surface area contributed by atoms with Gasteiger partial charge in [-0.3, -0.25) is 0 Å². The Kier molecular flexibility index (Phi) is 3.42. The standard InChI is InChI=1S/C11H21NO2/c13-9-11(12-8-10-2-3-10)4-1-6-14-7-5-11/h10,12-13H,1-9H2. The SMILES string of the molecule is OCC1(NCC2CC2)CCCOCC1. The minimum Gasteiger partial charge on any atom is -0.394 e. The Morgan fingerprint density at radius 2 is 2.14 bits per heavy atom. The summed E-state index contributed by atoms with van der Waals surface area (Å²) in [5, 5.41) is 13.0. The highest BCUT2D eigenvalue weighted by molar-refractivity contribution is 4.90. The molecular weight excluding hydrogens is 178 g/mol. The van der Waals surface area contributed by atoms with Crippen LogP contribution in [0.15, 0.2) is 0 Å². The molecule has 1 heterocycles. The number of hydrogen-bond donors (Lipinski definition) is 2. The number of rotatable bonds is 4. The first-order chi connectivity index (χ1) is 6.85. The molecule has 1 saturated carbocycles. The van der Waals surface area contributed by atoms with Gasteiger partial charge in [-0.05, 0) is 44.6 Å². The molecule has 1 saturated heterocycles. The Hall–Kier alpha value is -0.120. The molecule has 2 aliphatic rings. The lowest BCUT2D eigenvalue weighted by Crippen LogP contribution is -2.49. The maximum atomic E-state index is 9.48. The summed E-state index contributed by atoms with van der Waals surface area (Å²) in [7, 11) is 0. The number of aliphatic hydroxyl groups excluding tert-OH is 1. The van der Waals surface area contributed by atoms with E-state index in [-0.39, 0.29) is 12.1 Å². The van der Waals surface area contributed by atoms with Crippen LogP contribution in [-0.2, 0) is 4.74 Å². The third-order valence-electron chi connectivity index (χ3n) is 3.43. The van der Waals surface area contributed by atoms with Crippen LogP contribution in [0.3, 0.4) is 0 Å². The van der Waals surface area contributed by atoms with Crippen molar-refractivity contribution in [2.45, 2.75) is 37.6 Å². The van der Waals surface area contributed by atoms with Crippen molar-refractivity contribution < 1.29 is 9.84 Å². The van der Waals surface area contributed by atoms with Crippen LogP contribution < -0.4 is 5.32 Å². The Morgan fingerprint density at radius 3 is 2.86 bits per heavy atom. The number of ether oxygens (including phenoxy) is 1. The number of hydrogen-bond acceptors (Lipinski definition) is 3. The van der Waals surface area contributed by atoms with E-state index in [0.29, 0.717) is 0 Å². The second kappa shape index (κ2) is 4.60. The summed E-state index contributed by atoms with van der Waals surface area (Å²) in [6.07, 6.45) is 5.81.